The van der Waals surface area contributed by atoms with E-state index in [1.165, 1.54) is 0 Å². The van der Waals surface area contributed by atoms with E-state index in [4.69, 9.17) is 0 Å². The minimum atomic E-state index is -0.180. The number of likely N-dealkylation sites (N-methyl/N-ethyl adjacent to an activating group) is 1. The van der Waals surface area contributed by atoms with Crippen molar-refractivity contribution in [3.63, 3.8) is 0 Å². The average Bonchev–Trinajstić information content (AvgIpc) is 2.74. The van der Waals surface area contributed by atoms with E-state index in [1.54, 1.807) is 11.3 Å². The molecule has 0 saturated carbocycles. The molecule has 0 spiro atoms. The van der Waals surface area contributed by atoms with Crippen LogP contribution in [0.2, 0.25) is 0 Å². The molecule has 2 rings (SSSR count). The maximum atomic E-state index is 9.79. The van der Waals surface area contributed by atoms with Gasteiger partial charge in [-0.1, -0.05) is 0 Å². The number of aryl methyl sites for hydroxylation is 1. The number of rotatable bonds is 4. The second-order valence-electron chi connectivity index (χ2n) is 5.12. The molecule has 1 N–H and O–H groups in total. The van der Waals surface area contributed by atoms with Gasteiger partial charge in [0, 0.05) is 30.2 Å². The predicted octanol–water partition coefficient (Wildman–Crippen LogP) is 0.948. The number of aliphatic hydroxyl groups excluding tert-OH is 1. The van der Waals surface area contributed by atoms with E-state index < -0.39 is 0 Å². The van der Waals surface area contributed by atoms with Crippen molar-refractivity contribution < 1.29 is 5.11 Å². The van der Waals surface area contributed by atoms with Crippen LogP contribution in [0.15, 0.2) is 5.38 Å². The number of hydrogen-bond donors (Lipinski definition) is 1. The van der Waals surface area contributed by atoms with Gasteiger partial charge < -0.3 is 10.0 Å². The molecule has 0 aromatic carbocycles. The van der Waals surface area contributed by atoms with E-state index in [0.29, 0.717) is 6.04 Å². The molecule has 96 valence electrons. The van der Waals surface area contributed by atoms with Crippen LogP contribution in [0.25, 0.3) is 0 Å². The first-order chi connectivity index (χ1) is 8.04. The number of β-amino-alcohol motifs (C(OH)–C–C–N with tert-alkyl or cyclic N) is 1. The number of hydrogen-bond acceptors (Lipinski definition) is 5. The maximum Gasteiger partial charge on any atom is 0.107 e. The topological polar surface area (TPSA) is 39.6 Å². The Hall–Kier alpha value is -0.490. The van der Waals surface area contributed by atoms with Crippen LogP contribution < -0.4 is 0 Å². The lowest BCUT2D eigenvalue weighted by atomic mass is 10.2. The summed E-state index contributed by atoms with van der Waals surface area (Å²) in [7, 11) is 4.16. The highest BCUT2D eigenvalue weighted by atomic mass is 32.1. The fourth-order valence-electron chi connectivity index (χ4n) is 2.41. The van der Waals surface area contributed by atoms with Crippen molar-refractivity contribution >= 4 is 11.3 Å². The van der Waals surface area contributed by atoms with Crippen LogP contribution in [-0.4, -0.2) is 59.2 Å². The molecular weight excluding hydrogens is 234 g/mol. The Labute approximate surface area is 107 Å². The molecule has 2 unspecified atom stereocenters. The predicted molar refractivity (Wildman–Crippen MR) is 70.2 cm³/mol. The zero-order valence-corrected chi connectivity index (χ0v) is 11.6. The van der Waals surface area contributed by atoms with Crippen LogP contribution in [0.5, 0.6) is 0 Å². The van der Waals surface area contributed by atoms with E-state index in [1.807, 2.05) is 6.92 Å². The zero-order valence-electron chi connectivity index (χ0n) is 10.8. The number of thiazole rings is 1. The van der Waals surface area contributed by atoms with Gasteiger partial charge in [0.2, 0.25) is 0 Å². The van der Waals surface area contributed by atoms with Gasteiger partial charge in [0.15, 0.2) is 0 Å². The van der Waals surface area contributed by atoms with Gasteiger partial charge in [-0.25, -0.2) is 4.98 Å². The minimum Gasteiger partial charge on any atom is -0.392 e. The lowest BCUT2D eigenvalue weighted by Crippen LogP contribution is -2.37. The summed E-state index contributed by atoms with van der Waals surface area (Å²) >= 11 is 1.71. The third-order valence-corrected chi connectivity index (χ3v) is 4.04. The van der Waals surface area contributed by atoms with Gasteiger partial charge in [0.1, 0.15) is 5.01 Å². The second-order valence-corrected chi connectivity index (χ2v) is 6.06. The lowest BCUT2D eigenvalue weighted by molar-refractivity contribution is 0.169. The van der Waals surface area contributed by atoms with E-state index in [2.05, 4.69) is 34.3 Å². The first-order valence-electron chi connectivity index (χ1n) is 6.02. The summed E-state index contributed by atoms with van der Waals surface area (Å²) in [5, 5.41) is 13.0. The fourth-order valence-corrected chi connectivity index (χ4v) is 3.21. The minimum absolute atomic E-state index is 0.180. The first kappa shape index (κ1) is 13.0. The summed E-state index contributed by atoms with van der Waals surface area (Å²) in [6.45, 7) is 4.67. The Kier molecular flexibility index (Phi) is 4.14. The standard InChI is InChI=1S/C12H21N3OS/c1-9-8-17-12(13-9)7-15-6-11(16)4-10(15)5-14(2)3/h8,10-11,16H,4-7H2,1-3H3. The van der Waals surface area contributed by atoms with Gasteiger partial charge in [0.05, 0.1) is 12.6 Å². The molecule has 0 aliphatic carbocycles. The summed E-state index contributed by atoms with van der Waals surface area (Å²) in [5.41, 5.74) is 1.09. The molecule has 0 radical (unpaired) electrons. The first-order valence-corrected chi connectivity index (χ1v) is 6.90. The maximum absolute atomic E-state index is 9.79. The summed E-state index contributed by atoms with van der Waals surface area (Å²) in [6, 6.07) is 0.448. The Bertz CT molecular complexity index is 366. The average molecular weight is 255 g/mol. The van der Waals surface area contributed by atoms with Crippen LogP contribution in [0, 0.1) is 6.92 Å². The molecule has 0 bridgehead atoms. The highest BCUT2D eigenvalue weighted by Gasteiger charge is 2.31. The molecule has 1 aromatic heterocycles. The van der Waals surface area contributed by atoms with Crippen LogP contribution in [0.4, 0.5) is 0 Å². The second kappa shape index (κ2) is 5.44. The molecule has 1 aliphatic heterocycles. The molecule has 1 aromatic rings. The summed E-state index contributed by atoms with van der Waals surface area (Å²) < 4.78 is 0. The Morgan fingerprint density at radius 3 is 2.94 bits per heavy atom. The third-order valence-electron chi connectivity index (χ3n) is 3.09. The van der Waals surface area contributed by atoms with Gasteiger partial charge in [0.25, 0.3) is 0 Å². The summed E-state index contributed by atoms with van der Waals surface area (Å²) in [6.07, 6.45) is 0.698. The summed E-state index contributed by atoms with van der Waals surface area (Å²) in [4.78, 5) is 9.03. The molecule has 0 amide bonds. The van der Waals surface area contributed by atoms with E-state index in [9.17, 15) is 5.11 Å². The molecule has 1 saturated heterocycles. The van der Waals surface area contributed by atoms with Crippen LogP contribution in [0.1, 0.15) is 17.1 Å². The molecule has 1 fully saturated rings. The fraction of sp³-hybridized carbons (Fsp3) is 0.750. The van der Waals surface area contributed by atoms with Crippen molar-refractivity contribution in [2.24, 2.45) is 0 Å². The molecular formula is C12H21N3OS. The number of likely N-dealkylation sites (tertiary alicyclic amines) is 1. The number of aromatic nitrogens is 1. The SMILES string of the molecule is Cc1csc(CN2CC(O)CC2CN(C)C)n1. The largest absolute Gasteiger partial charge is 0.392 e. The van der Waals surface area contributed by atoms with Crippen molar-refractivity contribution in [1.29, 1.82) is 0 Å². The van der Waals surface area contributed by atoms with Gasteiger partial charge in [-0.3, -0.25) is 4.90 Å². The molecule has 2 atom stereocenters. The molecule has 4 nitrogen and oxygen atoms in total. The van der Waals surface area contributed by atoms with Crippen molar-refractivity contribution in [3.05, 3.63) is 16.1 Å². The van der Waals surface area contributed by atoms with Crippen molar-refractivity contribution in [2.45, 2.75) is 32.0 Å². The van der Waals surface area contributed by atoms with Gasteiger partial charge in [-0.15, -0.1) is 11.3 Å². The van der Waals surface area contributed by atoms with Crippen molar-refractivity contribution in [3.8, 4) is 0 Å². The number of aliphatic hydroxyl groups is 1. The van der Waals surface area contributed by atoms with Gasteiger partial charge in [-0.05, 0) is 27.4 Å². The van der Waals surface area contributed by atoms with Crippen molar-refractivity contribution in [2.75, 3.05) is 27.2 Å². The normalized spacial score (nSPS) is 25.9. The highest BCUT2D eigenvalue weighted by Crippen LogP contribution is 2.22. The van der Waals surface area contributed by atoms with Crippen LogP contribution >= 0.6 is 11.3 Å². The number of nitrogens with zero attached hydrogens (tertiary/aromatic N) is 3. The quantitative estimate of drug-likeness (QED) is 0.869. The van der Waals surface area contributed by atoms with E-state index >= 15 is 0 Å². The zero-order chi connectivity index (χ0) is 12.4. The highest BCUT2D eigenvalue weighted by molar-refractivity contribution is 7.09. The Morgan fingerprint density at radius 2 is 2.35 bits per heavy atom. The molecule has 17 heavy (non-hydrogen) atoms. The van der Waals surface area contributed by atoms with Gasteiger partial charge >= 0.3 is 0 Å². The van der Waals surface area contributed by atoms with Gasteiger partial charge in [-0.2, -0.15) is 0 Å². The van der Waals surface area contributed by atoms with E-state index in [-0.39, 0.29) is 6.10 Å². The van der Waals surface area contributed by atoms with Crippen LogP contribution in [-0.2, 0) is 6.54 Å². The molecule has 2 heterocycles. The third kappa shape index (κ3) is 3.48. The Morgan fingerprint density at radius 1 is 1.59 bits per heavy atom. The van der Waals surface area contributed by atoms with E-state index in [0.717, 1.165) is 36.8 Å². The molecule has 1 aliphatic rings. The Balaban J connectivity index is 1.98. The van der Waals surface area contributed by atoms with Crippen molar-refractivity contribution in [1.82, 2.24) is 14.8 Å². The summed E-state index contributed by atoms with van der Waals surface area (Å²) in [5.74, 6) is 0. The monoisotopic (exact) mass is 255 g/mol. The lowest BCUT2D eigenvalue weighted by Gasteiger charge is -2.25. The van der Waals surface area contributed by atoms with Crippen LogP contribution in [0.3, 0.4) is 0 Å². The molecule has 5 heteroatoms. The smallest absolute Gasteiger partial charge is 0.107 e.